The minimum absolute atomic E-state index is 0.217. The van der Waals surface area contributed by atoms with Crippen molar-refractivity contribution in [3.63, 3.8) is 0 Å². The van der Waals surface area contributed by atoms with Crippen LogP contribution in [0.4, 0.5) is 11.4 Å². The second kappa shape index (κ2) is 8.93. The van der Waals surface area contributed by atoms with E-state index in [9.17, 15) is 9.59 Å². The predicted molar refractivity (Wildman–Crippen MR) is 132 cm³/mol. The summed E-state index contributed by atoms with van der Waals surface area (Å²) in [5.74, 6) is -0.434. The van der Waals surface area contributed by atoms with Crippen LogP contribution in [-0.4, -0.2) is 11.8 Å². The number of benzene rings is 1. The highest BCUT2D eigenvalue weighted by molar-refractivity contribution is 9.11. The van der Waals surface area contributed by atoms with Gasteiger partial charge < -0.3 is 10.6 Å². The van der Waals surface area contributed by atoms with Crippen molar-refractivity contribution in [2.75, 3.05) is 10.6 Å². The van der Waals surface area contributed by atoms with Crippen molar-refractivity contribution < 1.29 is 9.59 Å². The Labute approximate surface area is 198 Å². The van der Waals surface area contributed by atoms with E-state index in [0.29, 0.717) is 32.3 Å². The van der Waals surface area contributed by atoms with E-state index in [4.69, 9.17) is 25.3 Å². The maximum absolute atomic E-state index is 11.9. The molecule has 146 valence electrons. The second-order valence-electron chi connectivity index (χ2n) is 5.77. The van der Waals surface area contributed by atoms with Gasteiger partial charge in [0, 0.05) is 44.5 Å². The van der Waals surface area contributed by atoms with Gasteiger partial charge in [-0.05, 0) is 56.1 Å². The van der Waals surface area contributed by atoms with Gasteiger partial charge in [-0.2, -0.15) is 0 Å². The van der Waals surface area contributed by atoms with E-state index in [1.165, 1.54) is 36.5 Å². The van der Waals surface area contributed by atoms with Crippen molar-refractivity contribution in [3.05, 3.63) is 31.8 Å². The van der Waals surface area contributed by atoms with Crippen molar-refractivity contribution >= 4 is 103 Å². The van der Waals surface area contributed by atoms with Gasteiger partial charge in [-0.15, -0.1) is 47.9 Å². The minimum atomic E-state index is -0.217. The van der Waals surface area contributed by atoms with Crippen LogP contribution in [0.1, 0.15) is 13.8 Å². The number of anilines is 2. The number of nitrogens with one attached hydrogen (secondary N) is 2. The molecule has 0 aliphatic rings. The molecule has 10 heteroatoms. The molecule has 0 saturated carbocycles. The summed E-state index contributed by atoms with van der Waals surface area (Å²) in [5.41, 5.74) is 2.54. The minimum Gasteiger partial charge on any atom is -0.325 e. The molecule has 0 unspecified atom stereocenters. The van der Waals surface area contributed by atoms with Gasteiger partial charge in [0.25, 0.3) is 0 Å². The van der Waals surface area contributed by atoms with E-state index in [-0.39, 0.29) is 11.8 Å². The maximum Gasteiger partial charge on any atom is 0.221 e. The first-order chi connectivity index (χ1) is 13.2. The fourth-order valence-electron chi connectivity index (χ4n) is 2.70. The molecule has 0 aliphatic heterocycles. The van der Waals surface area contributed by atoms with Crippen molar-refractivity contribution in [1.29, 1.82) is 0 Å². The highest BCUT2D eigenvalue weighted by atomic mass is 79.9. The Bertz CT molecular complexity index is 1010. The standard InChI is InChI=1S/C18H14Br2N2O2S4/c1-7(23)21-15-13(9-3-5-11(19)27-9)18(26)16(22-8(2)24)14(17(15)25)10-4-6-12(20)28-10/h3-6,25-26H,1-2H3,(H,21,23)(H,22,24). The second-order valence-corrected chi connectivity index (χ2v) is 11.6. The summed E-state index contributed by atoms with van der Waals surface area (Å²) in [5, 5.41) is 5.79. The van der Waals surface area contributed by atoms with Gasteiger partial charge in [-0.3, -0.25) is 9.59 Å². The Morgan fingerprint density at radius 3 is 1.39 bits per heavy atom. The Morgan fingerprint density at radius 2 is 1.14 bits per heavy atom. The van der Waals surface area contributed by atoms with Crippen LogP contribution in [0, 0.1) is 0 Å². The number of thiol groups is 2. The number of hydrogen-bond donors (Lipinski definition) is 4. The Hall–Kier alpha value is -0.780. The molecule has 28 heavy (non-hydrogen) atoms. The summed E-state index contributed by atoms with van der Waals surface area (Å²) in [7, 11) is 0. The van der Waals surface area contributed by atoms with Crippen LogP contribution in [0.3, 0.4) is 0 Å². The molecule has 2 amide bonds. The van der Waals surface area contributed by atoms with Gasteiger partial charge in [0.2, 0.25) is 11.8 Å². The number of thiophene rings is 2. The predicted octanol–water partition coefficient (Wildman–Crippen LogP) is 7.16. The molecule has 0 spiro atoms. The lowest BCUT2D eigenvalue weighted by Gasteiger charge is -2.22. The third kappa shape index (κ3) is 4.52. The van der Waals surface area contributed by atoms with Crippen LogP contribution >= 0.6 is 79.8 Å². The van der Waals surface area contributed by atoms with E-state index < -0.39 is 0 Å². The lowest BCUT2D eigenvalue weighted by atomic mass is 10.0. The van der Waals surface area contributed by atoms with Crippen LogP contribution in [0.2, 0.25) is 0 Å². The highest BCUT2D eigenvalue weighted by Crippen LogP contribution is 2.52. The van der Waals surface area contributed by atoms with Crippen molar-refractivity contribution in [2.24, 2.45) is 0 Å². The van der Waals surface area contributed by atoms with Gasteiger partial charge in [0.1, 0.15) is 0 Å². The van der Waals surface area contributed by atoms with E-state index in [2.05, 4.69) is 42.5 Å². The van der Waals surface area contributed by atoms with Crippen LogP contribution in [0.5, 0.6) is 0 Å². The smallest absolute Gasteiger partial charge is 0.221 e. The molecule has 0 aliphatic carbocycles. The molecule has 0 bridgehead atoms. The van der Waals surface area contributed by atoms with Crippen molar-refractivity contribution in [1.82, 2.24) is 0 Å². The number of halogens is 2. The lowest BCUT2D eigenvalue weighted by molar-refractivity contribution is -0.115. The van der Waals surface area contributed by atoms with Gasteiger partial charge in [0.15, 0.2) is 0 Å². The van der Waals surface area contributed by atoms with E-state index in [0.717, 1.165) is 17.3 Å². The molecule has 4 nitrogen and oxygen atoms in total. The average molecular weight is 578 g/mol. The van der Waals surface area contributed by atoms with Crippen LogP contribution in [0.15, 0.2) is 41.6 Å². The van der Waals surface area contributed by atoms with Gasteiger partial charge in [-0.1, -0.05) is 0 Å². The third-order valence-electron chi connectivity index (χ3n) is 3.69. The zero-order valence-corrected chi connectivity index (χ0v) is 21.2. The summed E-state index contributed by atoms with van der Waals surface area (Å²) in [6.45, 7) is 2.89. The Balaban J connectivity index is 2.41. The van der Waals surface area contributed by atoms with Gasteiger partial charge in [-0.25, -0.2) is 0 Å². The largest absolute Gasteiger partial charge is 0.325 e. The molecular formula is C18H14Br2N2O2S4. The molecular weight excluding hydrogens is 564 g/mol. The van der Waals surface area contributed by atoms with E-state index in [1.807, 2.05) is 24.3 Å². The van der Waals surface area contributed by atoms with Gasteiger partial charge >= 0.3 is 0 Å². The van der Waals surface area contributed by atoms with Crippen LogP contribution in [0.25, 0.3) is 20.9 Å². The van der Waals surface area contributed by atoms with E-state index in [1.54, 1.807) is 0 Å². The van der Waals surface area contributed by atoms with Crippen LogP contribution < -0.4 is 10.6 Å². The Morgan fingerprint density at radius 1 is 0.786 bits per heavy atom. The zero-order chi connectivity index (χ0) is 20.6. The fraction of sp³-hybridized carbons (Fsp3) is 0.111. The number of hydrogen-bond acceptors (Lipinski definition) is 6. The molecule has 0 atom stereocenters. The number of carbonyl (C=O) groups excluding carboxylic acids is 2. The summed E-state index contributed by atoms with van der Waals surface area (Å²) in [4.78, 5) is 26.8. The number of rotatable bonds is 4. The molecule has 3 aromatic rings. The molecule has 2 heterocycles. The normalized spacial score (nSPS) is 10.8. The topological polar surface area (TPSA) is 58.2 Å². The van der Waals surface area contributed by atoms with Crippen molar-refractivity contribution in [3.8, 4) is 20.9 Å². The maximum atomic E-state index is 11.9. The number of carbonyl (C=O) groups is 2. The molecule has 0 radical (unpaired) electrons. The first-order valence-corrected chi connectivity index (χ1v) is 12.0. The fourth-order valence-corrected chi connectivity index (χ4v) is 6.53. The third-order valence-corrected chi connectivity index (χ3v) is 7.87. The van der Waals surface area contributed by atoms with Crippen molar-refractivity contribution in [2.45, 2.75) is 23.6 Å². The molecule has 1 aromatic carbocycles. The monoisotopic (exact) mass is 576 g/mol. The van der Waals surface area contributed by atoms with E-state index >= 15 is 0 Å². The Kier molecular flexibility index (Phi) is 6.99. The summed E-state index contributed by atoms with van der Waals surface area (Å²) in [6, 6.07) is 7.71. The molecule has 2 aromatic heterocycles. The molecule has 3 rings (SSSR count). The zero-order valence-electron chi connectivity index (χ0n) is 14.6. The molecule has 0 saturated heterocycles. The molecule has 2 N–H and O–H groups in total. The number of amides is 2. The first kappa shape index (κ1) is 21.9. The van der Waals surface area contributed by atoms with Crippen LogP contribution in [-0.2, 0) is 9.59 Å². The summed E-state index contributed by atoms with van der Waals surface area (Å²) >= 11 is 19.5. The highest BCUT2D eigenvalue weighted by Gasteiger charge is 2.25. The lowest BCUT2D eigenvalue weighted by Crippen LogP contribution is -2.12. The molecule has 0 fully saturated rings. The quantitative estimate of drug-likeness (QED) is 0.249. The summed E-state index contributed by atoms with van der Waals surface area (Å²) in [6.07, 6.45) is 0. The average Bonchev–Trinajstić information content (AvgIpc) is 3.20. The SMILES string of the molecule is CC(=O)Nc1c(S)c(-c2ccc(Br)s2)c(NC(C)=O)c(S)c1-c1ccc(Br)s1. The summed E-state index contributed by atoms with van der Waals surface area (Å²) < 4.78 is 1.88. The first-order valence-electron chi connectivity index (χ1n) is 7.87. The van der Waals surface area contributed by atoms with Gasteiger partial charge in [0.05, 0.1) is 18.9 Å².